The van der Waals surface area contributed by atoms with Crippen molar-refractivity contribution in [2.75, 3.05) is 34.0 Å². The van der Waals surface area contributed by atoms with E-state index in [9.17, 15) is 29.1 Å². The topological polar surface area (TPSA) is 158 Å². The zero-order valence-electron chi connectivity index (χ0n) is 36.7. The van der Waals surface area contributed by atoms with Crippen LogP contribution in [0.2, 0.25) is 0 Å². The number of fused-ring (bicyclic) bond motifs is 1. The van der Waals surface area contributed by atoms with E-state index in [1.807, 2.05) is 41.5 Å². The number of hydrogen-bond donors (Lipinski definition) is 2. The number of nitrogens with one attached hydrogen (secondary N) is 1. The second kappa shape index (κ2) is 20.8. The summed E-state index contributed by atoms with van der Waals surface area (Å²) >= 11 is 1.39. The Morgan fingerprint density at radius 1 is 0.966 bits per heavy atom. The van der Waals surface area contributed by atoms with Crippen LogP contribution < -0.4 is 10.1 Å². The van der Waals surface area contributed by atoms with Crippen molar-refractivity contribution in [1.29, 1.82) is 0 Å². The molecule has 319 valence electrons. The second-order valence-electron chi connectivity index (χ2n) is 17.1. The normalized spacial score (nSPS) is 29.8. The number of nitrogens with zero attached hydrogens (tertiary/aromatic N) is 4. The summed E-state index contributed by atoms with van der Waals surface area (Å²) < 4.78 is 11.4. The zero-order chi connectivity index (χ0) is 43.8. The standard InChI is InChI=1S/C43H65BN5O8S/c1-14-25(3)36-41(54)48(11)28(6)42(55)57-34(43(7,8)9)20-24(2)19-33(50)35(44)38-45-30(23-58-38)21-26(4)37(51)46-32(22-29-15-17-31(56-13)18-16-29)40(53)47(10)27(5)39(52)49(36)12/h15-18,21,24-25,27-28,30,32-34,36,50H,14,19-20,22-23H2,1-13H3,(H,46,51)/b26-21+/t24-,25-,27-,28-,30-,32-,33-,34-,36-/m0/s1. The first-order valence-electron chi connectivity index (χ1n) is 20.2. The number of thioether (sulfide) groups is 1. The van der Waals surface area contributed by atoms with Gasteiger partial charge in [0.2, 0.25) is 5.91 Å². The molecule has 0 saturated heterocycles. The van der Waals surface area contributed by atoms with Gasteiger partial charge in [0.05, 0.1) is 7.11 Å². The molecule has 0 aliphatic carbocycles. The van der Waals surface area contributed by atoms with Crippen molar-refractivity contribution in [2.45, 2.75) is 130 Å². The predicted octanol–water partition coefficient (Wildman–Crippen LogP) is 3.84. The number of amides is 4. The number of hydrogen-bond acceptors (Lipinski definition) is 10. The number of ether oxygens (including phenoxy) is 2. The maximum absolute atomic E-state index is 14.3. The van der Waals surface area contributed by atoms with Gasteiger partial charge in [-0.25, -0.2) is 0 Å². The molecule has 3 rings (SSSR count). The van der Waals surface area contributed by atoms with Crippen LogP contribution in [0.5, 0.6) is 5.75 Å². The molecular formula is C43H65BN5O8S. The second-order valence-corrected chi connectivity index (χ2v) is 18.1. The third-order valence-corrected chi connectivity index (χ3v) is 12.6. The van der Waals surface area contributed by atoms with Gasteiger partial charge in [-0.1, -0.05) is 20.3 Å². The van der Waals surface area contributed by atoms with Crippen LogP contribution in [0.1, 0.15) is 87.1 Å². The van der Waals surface area contributed by atoms with Crippen molar-refractivity contribution in [3.63, 3.8) is 0 Å². The van der Waals surface area contributed by atoms with E-state index in [1.54, 1.807) is 58.2 Å². The molecule has 0 aromatic heterocycles. The monoisotopic (exact) mass is 822 g/mol. The summed E-state index contributed by atoms with van der Waals surface area (Å²) in [6.45, 7) is 16.5. The number of carbonyl (C=O) groups excluding carboxylic acids is 5. The van der Waals surface area contributed by atoms with Crippen molar-refractivity contribution < 1.29 is 38.6 Å². The van der Waals surface area contributed by atoms with E-state index in [-0.39, 0.29) is 23.7 Å². The summed E-state index contributed by atoms with van der Waals surface area (Å²) in [5, 5.41) is 14.6. The van der Waals surface area contributed by atoms with Crippen molar-refractivity contribution in [3.8, 4) is 5.75 Å². The Hall–Kier alpha value is -3.98. The molecule has 2 aliphatic rings. The average Bonchev–Trinajstić information content (AvgIpc) is 3.65. The fourth-order valence-electron chi connectivity index (χ4n) is 7.00. The molecule has 2 heterocycles. The number of likely N-dealkylation sites (N-methyl/N-ethyl adjacent to an activating group) is 3. The van der Waals surface area contributed by atoms with Crippen LogP contribution in [0.25, 0.3) is 0 Å². The van der Waals surface area contributed by atoms with E-state index in [0.717, 1.165) is 5.56 Å². The van der Waals surface area contributed by atoms with Gasteiger partial charge in [-0.05, 0) is 25.0 Å². The molecule has 15 heteroatoms. The van der Waals surface area contributed by atoms with Gasteiger partial charge < -0.3 is 9.64 Å². The fourth-order valence-corrected chi connectivity index (χ4v) is 8.01. The molecule has 4 amide bonds. The van der Waals surface area contributed by atoms with Crippen molar-refractivity contribution >= 4 is 59.4 Å². The van der Waals surface area contributed by atoms with Crippen LogP contribution in [0.15, 0.2) is 40.9 Å². The van der Waals surface area contributed by atoms with Crippen molar-refractivity contribution in [1.82, 2.24) is 20.0 Å². The SMILES string of the molecule is [B]=C1C2=N[C@@H](/C=C(\C)C(=O)N[C@@H](Cc3ccc(OC)cc3)C(=O)N(C)[C@@H](C)C(=O)N(C)[C@@H]([C@@H](C)CC)C(=O)N(C)[C@@H](C)C(=O)O[C@H](C(C)(C)C)C[C@@H](C)C[C@@H]1O)CS2. The van der Waals surface area contributed by atoms with Crippen LogP contribution in [0.3, 0.4) is 0 Å². The first-order chi connectivity index (χ1) is 27.0. The molecule has 0 fully saturated rings. The molecule has 0 saturated carbocycles. The molecule has 2 aliphatic heterocycles. The Morgan fingerprint density at radius 2 is 1.57 bits per heavy atom. The number of aliphatic hydroxyl groups is 1. The predicted molar refractivity (Wildman–Crippen MR) is 231 cm³/mol. The third-order valence-electron chi connectivity index (χ3n) is 11.5. The Kier molecular flexibility index (Phi) is 17.4. The summed E-state index contributed by atoms with van der Waals surface area (Å²) in [5.41, 5.74) is 0.853. The molecule has 1 aromatic carbocycles. The van der Waals surface area contributed by atoms with E-state index < -0.39 is 77.4 Å². The molecule has 1 radical (unpaired) electrons. The van der Waals surface area contributed by atoms with Crippen LogP contribution in [-0.2, 0) is 35.1 Å². The van der Waals surface area contributed by atoms with Crippen LogP contribution in [-0.4, -0.2) is 144 Å². The molecule has 2 bridgehead atoms. The molecule has 9 atom stereocenters. The summed E-state index contributed by atoms with van der Waals surface area (Å²) in [6.07, 6.45) is 1.54. The summed E-state index contributed by atoms with van der Waals surface area (Å²) in [7, 11) is 12.6. The van der Waals surface area contributed by atoms with Crippen LogP contribution >= 0.6 is 11.8 Å². The number of esters is 1. The summed E-state index contributed by atoms with van der Waals surface area (Å²) in [5.74, 6) is -1.80. The fraction of sp³-hybridized carbons (Fsp3) is 0.651. The van der Waals surface area contributed by atoms with Gasteiger partial charge in [0.15, 0.2) is 0 Å². The van der Waals surface area contributed by atoms with E-state index in [4.69, 9.17) is 22.0 Å². The van der Waals surface area contributed by atoms with Crippen LogP contribution in [0, 0.1) is 17.3 Å². The Balaban J connectivity index is 2.09. The van der Waals surface area contributed by atoms with Crippen molar-refractivity contribution in [3.05, 3.63) is 41.5 Å². The van der Waals surface area contributed by atoms with E-state index in [0.29, 0.717) is 41.4 Å². The molecular weight excluding hydrogens is 757 g/mol. The van der Waals surface area contributed by atoms with Gasteiger partial charge in [-0.15, -0.1) is 0 Å². The van der Waals surface area contributed by atoms with Crippen LogP contribution in [0.4, 0.5) is 0 Å². The average molecular weight is 823 g/mol. The molecule has 13 nitrogen and oxygen atoms in total. The summed E-state index contributed by atoms with van der Waals surface area (Å²) in [4.78, 5) is 79.0. The number of aliphatic imine (C=N–C) groups is 1. The number of carbonyl (C=O) groups is 5. The van der Waals surface area contributed by atoms with Gasteiger partial charge in [-0.3, -0.25) is 4.79 Å². The van der Waals surface area contributed by atoms with Gasteiger partial charge in [0.1, 0.15) is 5.75 Å². The first-order valence-corrected chi connectivity index (χ1v) is 21.1. The Bertz CT molecular complexity index is 1730. The van der Waals surface area contributed by atoms with Gasteiger partial charge in [-0.2, -0.15) is 0 Å². The Morgan fingerprint density at radius 3 is 2.14 bits per heavy atom. The number of rotatable bonds is 5. The zero-order valence-corrected chi connectivity index (χ0v) is 37.5. The third kappa shape index (κ3) is 12.3. The molecule has 2 N–H and O–H groups in total. The molecule has 58 heavy (non-hydrogen) atoms. The molecule has 0 unspecified atom stereocenters. The Labute approximate surface area is 350 Å². The van der Waals surface area contributed by atoms with E-state index in [1.165, 1.54) is 47.6 Å². The molecule has 0 spiro atoms. The quantitative estimate of drug-likeness (QED) is 0.333. The van der Waals surface area contributed by atoms with E-state index in [2.05, 4.69) is 5.32 Å². The first kappa shape index (κ1) is 48.4. The van der Waals surface area contributed by atoms with Gasteiger partial charge >= 0.3 is 266 Å². The summed E-state index contributed by atoms with van der Waals surface area (Å²) in [6, 6.07) is 2.69. The van der Waals surface area contributed by atoms with Gasteiger partial charge in [0, 0.05) is 7.05 Å². The van der Waals surface area contributed by atoms with E-state index >= 15 is 0 Å². The minimum atomic E-state index is -1.07. The van der Waals surface area contributed by atoms with Crippen molar-refractivity contribution in [2.24, 2.45) is 22.2 Å². The number of aliphatic hydroxyl groups excluding tert-OH is 1. The maximum atomic E-state index is 14.3. The minimum absolute atomic E-state index is 0.119. The number of methoxy groups -OCH3 is 1. The number of cyclic esters (lactones) is 1. The molecule has 1 aromatic rings. The van der Waals surface area contributed by atoms with Gasteiger partial charge in [0.25, 0.3) is 0 Å². The number of benzene rings is 1.